The van der Waals surface area contributed by atoms with Gasteiger partial charge in [-0.25, -0.2) is 0 Å². The average molecular weight is 342 g/mol. The van der Waals surface area contributed by atoms with Gasteiger partial charge in [-0.2, -0.15) is 0 Å². The van der Waals surface area contributed by atoms with Crippen molar-refractivity contribution in [1.29, 1.82) is 0 Å². The monoisotopic (exact) mass is 342 g/mol. The number of hydrogen-bond acceptors (Lipinski definition) is 5. The van der Waals surface area contributed by atoms with Crippen LogP contribution in [0.5, 0.6) is 17.2 Å². The Morgan fingerprint density at radius 3 is 2.08 bits per heavy atom. The molecule has 3 rings (SSSR count). The predicted molar refractivity (Wildman–Crippen MR) is 98.9 cm³/mol. The summed E-state index contributed by atoms with van der Waals surface area (Å²) < 4.78 is 21.3. The molecule has 0 atom stereocenters. The predicted octanol–water partition coefficient (Wildman–Crippen LogP) is 4.51. The van der Waals surface area contributed by atoms with Crippen molar-refractivity contribution in [3.8, 4) is 28.4 Å². The molecule has 132 valence electrons. The smallest absolute Gasteiger partial charge is 0.200 e. The lowest BCUT2D eigenvalue weighted by Gasteiger charge is -2.10. The minimum absolute atomic E-state index is 0.127. The maximum Gasteiger partial charge on any atom is 0.200 e. The third-order valence-corrected chi connectivity index (χ3v) is 3.68. The summed E-state index contributed by atoms with van der Waals surface area (Å²) in [5.41, 5.74) is 1.44. The SMILES string of the molecule is CC.COc1ccc(-c2coc3cc(OC)ccc3c2=O)c(OC)c1. The van der Waals surface area contributed by atoms with Crippen LogP contribution in [-0.2, 0) is 0 Å². The first-order chi connectivity index (χ1) is 12.2. The Bertz CT molecular complexity index is 912. The standard InChI is InChI=1S/C18H16O5.C2H6/c1-20-11-4-6-13(16(8-11)22-3)15-10-23-17-9-12(21-2)5-7-14(17)18(15)19;1-2/h4-10H,1-3H3;1-2H3. The summed E-state index contributed by atoms with van der Waals surface area (Å²) >= 11 is 0. The molecule has 0 radical (unpaired) electrons. The van der Waals surface area contributed by atoms with E-state index in [9.17, 15) is 4.79 Å². The Morgan fingerprint density at radius 2 is 1.44 bits per heavy atom. The topological polar surface area (TPSA) is 57.9 Å². The Morgan fingerprint density at radius 1 is 0.800 bits per heavy atom. The third-order valence-electron chi connectivity index (χ3n) is 3.68. The average Bonchev–Trinajstić information content (AvgIpc) is 2.69. The molecule has 2 aromatic carbocycles. The molecule has 1 heterocycles. The van der Waals surface area contributed by atoms with Crippen molar-refractivity contribution in [3.05, 3.63) is 52.9 Å². The second kappa shape index (κ2) is 8.24. The van der Waals surface area contributed by atoms with Crippen molar-refractivity contribution in [1.82, 2.24) is 0 Å². The van der Waals surface area contributed by atoms with Gasteiger partial charge in [0.15, 0.2) is 0 Å². The van der Waals surface area contributed by atoms with Crippen LogP contribution in [0.2, 0.25) is 0 Å². The Kier molecular flexibility index (Phi) is 6.06. The van der Waals surface area contributed by atoms with E-state index in [4.69, 9.17) is 18.6 Å². The molecule has 5 heteroatoms. The van der Waals surface area contributed by atoms with E-state index < -0.39 is 0 Å². The lowest BCUT2D eigenvalue weighted by molar-refractivity contribution is 0.395. The molecular formula is C20H22O5. The lowest BCUT2D eigenvalue weighted by atomic mass is 10.0. The van der Waals surface area contributed by atoms with Crippen molar-refractivity contribution < 1.29 is 18.6 Å². The molecule has 0 aliphatic rings. The highest BCUT2D eigenvalue weighted by Gasteiger charge is 2.14. The van der Waals surface area contributed by atoms with E-state index in [0.29, 0.717) is 39.3 Å². The molecule has 0 saturated heterocycles. The van der Waals surface area contributed by atoms with Crippen LogP contribution in [-0.4, -0.2) is 21.3 Å². The van der Waals surface area contributed by atoms with Crippen molar-refractivity contribution in [2.24, 2.45) is 0 Å². The summed E-state index contributed by atoms with van der Waals surface area (Å²) in [4.78, 5) is 12.8. The maximum atomic E-state index is 12.8. The van der Waals surface area contributed by atoms with Crippen LogP contribution in [0, 0.1) is 0 Å². The van der Waals surface area contributed by atoms with Crippen LogP contribution in [0.3, 0.4) is 0 Å². The molecular weight excluding hydrogens is 320 g/mol. The van der Waals surface area contributed by atoms with Crippen LogP contribution in [0.25, 0.3) is 22.1 Å². The van der Waals surface area contributed by atoms with Gasteiger partial charge in [-0.15, -0.1) is 0 Å². The van der Waals surface area contributed by atoms with E-state index in [2.05, 4.69) is 0 Å². The fourth-order valence-corrected chi connectivity index (χ4v) is 2.44. The van der Waals surface area contributed by atoms with Crippen LogP contribution in [0.1, 0.15) is 13.8 Å². The molecule has 0 bridgehead atoms. The Hall–Kier alpha value is -2.95. The van der Waals surface area contributed by atoms with Crippen LogP contribution < -0.4 is 19.6 Å². The maximum absolute atomic E-state index is 12.8. The molecule has 0 amide bonds. The van der Waals surface area contributed by atoms with Crippen LogP contribution in [0.4, 0.5) is 0 Å². The number of ether oxygens (including phenoxy) is 3. The molecule has 25 heavy (non-hydrogen) atoms. The molecule has 0 spiro atoms. The first kappa shape index (κ1) is 18.4. The highest BCUT2D eigenvalue weighted by atomic mass is 16.5. The van der Waals surface area contributed by atoms with Crippen molar-refractivity contribution >= 4 is 11.0 Å². The van der Waals surface area contributed by atoms with Crippen LogP contribution in [0.15, 0.2) is 51.9 Å². The zero-order valence-corrected chi connectivity index (χ0v) is 15.1. The van der Waals surface area contributed by atoms with Gasteiger partial charge in [0.1, 0.15) is 29.1 Å². The fourth-order valence-electron chi connectivity index (χ4n) is 2.44. The molecule has 0 unspecified atom stereocenters. The van der Waals surface area contributed by atoms with E-state index in [-0.39, 0.29) is 5.43 Å². The second-order valence-electron chi connectivity index (χ2n) is 4.91. The van der Waals surface area contributed by atoms with E-state index in [0.717, 1.165) is 0 Å². The summed E-state index contributed by atoms with van der Waals surface area (Å²) in [7, 11) is 4.69. The van der Waals surface area contributed by atoms with Gasteiger partial charge in [0, 0.05) is 17.7 Å². The van der Waals surface area contributed by atoms with E-state index in [1.54, 1.807) is 57.7 Å². The summed E-state index contributed by atoms with van der Waals surface area (Å²) in [6, 6.07) is 10.4. The quantitative estimate of drug-likeness (QED) is 0.698. The first-order valence-electron chi connectivity index (χ1n) is 8.00. The minimum Gasteiger partial charge on any atom is -0.497 e. The molecule has 0 fully saturated rings. The van der Waals surface area contributed by atoms with Gasteiger partial charge in [-0.05, 0) is 24.3 Å². The Balaban J connectivity index is 0.00000109. The molecule has 0 aliphatic heterocycles. The van der Waals surface area contributed by atoms with Gasteiger partial charge >= 0.3 is 0 Å². The number of rotatable bonds is 4. The zero-order chi connectivity index (χ0) is 18.4. The van der Waals surface area contributed by atoms with E-state index >= 15 is 0 Å². The summed E-state index contributed by atoms with van der Waals surface area (Å²) in [5, 5.41) is 0.487. The largest absolute Gasteiger partial charge is 0.497 e. The number of benzene rings is 2. The molecule has 0 saturated carbocycles. The van der Waals surface area contributed by atoms with E-state index in [1.807, 2.05) is 13.8 Å². The molecule has 3 aromatic rings. The van der Waals surface area contributed by atoms with Crippen molar-refractivity contribution in [2.75, 3.05) is 21.3 Å². The van der Waals surface area contributed by atoms with Gasteiger partial charge in [-0.3, -0.25) is 4.79 Å². The number of hydrogen-bond donors (Lipinski definition) is 0. The minimum atomic E-state index is -0.127. The van der Waals surface area contributed by atoms with Gasteiger partial charge in [0.2, 0.25) is 5.43 Å². The third kappa shape index (κ3) is 3.60. The molecule has 0 N–H and O–H groups in total. The van der Waals surface area contributed by atoms with Crippen molar-refractivity contribution in [3.63, 3.8) is 0 Å². The number of fused-ring (bicyclic) bond motifs is 1. The normalized spacial score (nSPS) is 9.96. The molecule has 1 aromatic heterocycles. The first-order valence-corrected chi connectivity index (χ1v) is 8.00. The summed E-state index contributed by atoms with van der Waals surface area (Å²) in [6.07, 6.45) is 1.44. The highest BCUT2D eigenvalue weighted by molar-refractivity contribution is 5.84. The molecule has 0 aliphatic carbocycles. The zero-order valence-electron chi connectivity index (χ0n) is 15.1. The van der Waals surface area contributed by atoms with Crippen LogP contribution >= 0.6 is 0 Å². The van der Waals surface area contributed by atoms with Crippen molar-refractivity contribution in [2.45, 2.75) is 13.8 Å². The van der Waals surface area contributed by atoms with Gasteiger partial charge in [0.25, 0.3) is 0 Å². The van der Waals surface area contributed by atoms with Gasteiger partial charge in [-0.1, -0.05) is 13.8 Å². The second-order valence-corrected chi connectivity index (χ2v) is 4.91. The molecule has 5 nitrogen and oxygen atoms in total. The van der Waals surface area contributed by atoms with E-state index in [1.165, 1.54) is 6.26 Å². The Labute approximate surface area is 146 Å². The number of methoxy groups -OCH3 is 3. The fraction of sp³-hybridized carbons (Fsp3) is 0.250. The summed E-state index contributed by atoms with van der Waals surface area (Å²) in [6.45, 7) is 4.00. The highest BCUT2D eigenvalue weighted by Crippen LogP contribution is 2.32. The van der Waals surface area contributed by atoms with Gasteiger partial charge < -0.3 is 18.6 Å². The lowest BCUT2D eigenvalue weighted by Crippen LogP contribution is -2.06. The summed E-state index contributed by atoms with van der Waals surface area (Å²) in [5.74, 6) is 1.83. The van der Waals surface area contributed by atoms with Gasteiger partial charge in [0.05, 0.1) is 32.3 Å².